The van der Waals surface area contributed by atoms with Gasteiger partial charge in [-0.15, -0.1) is 0 Å². The average molecular weight is 182 g/mol. The molecule has 0 aromatic rings. The number of fused-ring (bicyclic) bond motifs is 1. The van der Waals surface area contributed by atoms with Crippen molar-refractivity contribution in [3.63, 3.8) is 0 Å². The van der Waals surface area contributed by atoms with E-state index >= 15 is 0 Å². The molecule has 0 bridgehead atoms. The molecule has 3 rings (SSSR count). The van der Waals surface area contributed by atoms with Crippen molar-refractivity contribution in [2.75, 3.05) is 0 Å². The highest BCUT2D eigenvalue weighted by Gasteiger charge is 2.69. The van der Waals surface area contributed by atoms with Crippen LogP contribution in [0.4, 0.5) is 0 Å². The SMILES string of the molecule is OC1(C23CCCC2O3)CCCCC1. The van der Waals surface area contributed by atoms with Gasteiger partial charge >= 0.3 is 0 Å². The third-order valence-electron chi connectivity index (χ3n) is 4.30. The zero-order chi connectivity index (χ0) is 8.94. The largest absolute Gasteiger partial charge is 0.387 e. The normalized spacial score (nSPS) is 47.3. The minimum Gasteiger partial charge on any atom is -0.387 e. The second-order valence-corrected chi connectivity index (χ2v) is 4.98. The van der Waals surface area contributed by atoms with Crippen LogP contribution in [0, 0.1) is 0 Å². The Bertz CT molecular complexity index is 220. The van der Waals surface area contributed by atoms with E-state index in [-0.39, 0.29) is 5.60 Å². The molecule has 2 aliphatic carbocycles. The van der Waals surface area contributed by atoms with E-state index in [0.29, 0.717) is 6.10 Å². The highest BCUT2D eigenvalue weighted by atomic mass is 16.6. The predicted octanol–water partition coefficient (Wildman–Crippen LogP) is 2.00. The maximum Gasteiger partial charge on any atom is 0.123 e. The van der Waals surface area contributed by atoms with Crippen LogP contribution in [0.2, 0.25) is 0 Å². The van der Waals surface area contributed by atoms with Crippen LogP contribution in [0.3, 0.4) is 0 Å². The molecule has 0 aromatic carbocycles. The Labute approximate surface area is 79.3 Å². The summed E-state index contributed by atoms with van der Waals surface area (Å²) in [5.41, 5.74) is -0.528. The lowest BCUT2D eigenvalue weighted by Crippen LogP contribution is -2.46. The maximum atomic E-state index is 10.5. The van der Waals surface area contributed by atoms with Gasteiger partial charge < -0.3 is 9.84 Å². The molecular formula is C11H18O2. The topological polar surface area (TPSA) is 32.8 Å². The molecule has 1 N–H and O–H groups in total. The maximum absolute atomic E-state index is 10.5. The van der Waals surface area contributed by atoms with Crippen LogP contribution in [0.5, 0.6) is 0 Å². The highest BCUT2D eigenvalue weighted by Crippen LogP contribution is 2.59. The van der Waals surface area contributed by atoms with Crippen molar-refractivity contribution in [2.45, 2.75) is 68.7 Å². The lowest BCUT2D eigenvalue weighted by atomic mass is 9.74. The number of rotatable bonds is 1. The predicted molar refractivity (Wildman–Crippen MR) is 49.5 cm³/mol. The summed E-state index contributed by atoms with van der Waals surface area (Å²) < 4.78 is 5.73. The molecule has 1 aliphatic heterocycles. The summed E-state index contributed by atoms with van der Waals surface area (Å²) in [5.74, 6) is 0. The van der Waals surface area contributed by atoms with Crippen LogP contribution in [-0.4, -0.2) is 22.4 Å². The van der Waals surface area contributed by atoms with Crippen LogP contribution >= 0.6 is 0 Å². The smallest absolute Gasteiger partial charge is 0.123 e. The molecule has 1 heterocycles. The average Bonchev–Trinajstić information content (AvgIpc) is 2.72. The van der Waals surface area contributed by atoms with Gasteiger partial charge in [-0.3, -0.25) is 0 Å². The van der Waals surface area contributed by atoms with Crippen molar-refractivity contribution in [3.8, 4) is 0 Å². The summed E-state index contributed by atoms with van der Waals surface area (Å²) >= 11 is 0. The van der Waals surface area contributed by atoms with Crippen molar-refractivity contribution >= 4 is 0 Å². The van der Waals surface area contributed by atoms with Gasteiger partial charge in [-0.1, -0.05) is 19.3 Å². The summed E-state index contributed by atoms with van der Waals surface area (Å²) in [6.45, 7) is 0. The third kappa shape index (κ3) is 0.962. The van der Waals surface area contributed by atoms with Crippen molar-refractivity contribution in [1.29, 1.82) is 0 Å². The molecule has 2 nitrogen and oxygen atoms in total. The van der Waals surface area contributed by atoms with Crippen LogP contribution in [-0.2, 0) is 4.74 Å². The van der Waals surface area contributed by atoms with Crippen LogP contribution in [0.1, 0.15) is 51.4 Å². The first kappa shape index (κ1) is 8.25. The summed E-state index contributed by atoms with van der Waals surface area (Å²) in [5, 5.41) is 10.5. The Morgan fingerprint density at radius 3 is 2.31 bits per heavy atom. The van der Waals surface area contributed by atoms with Gasteiger partial charge in [0.2, 0.25) is 0 Å². The summed E-state index contributed by atoms with van der Waals surface area (Å²) in [6, 6.07) is 0. The molecule has 74 valence electrons. The second kappa shape index (κ2) is 2.48. The molecule has 0 radical (unpaired) electrons. The van der Waals surface area contributed by atoms with Gasteiger partial charge in [-0.2, -0.15) is 0 Å². The Morgan fingerprint density at radius 2 is 1.77 bits per heavy atom. The van der Waals surface area contributed by atoms with Gasteiger partial charge in [-0.25, -0.2) is 0 Å². The van der Waals surface area contributed by atoms with E-state index in [1.165, 1.54) is 32.1 Å². The van der Waals surface area contributed by atoms with Crippen LogP contribution < -0.4 is 0 Å². The van der Waals surface area contributed by atoms with E-state index in [1.807, 2.05) is 0 Å². The Hall–Kier alpha value is -0.0800. The fourth-order valence-corrected chi connectivity index (χ4v) is 3.48. The zero-order valence-corrected chi connectivity index (χ0v) is 8.09. The van der Waals surface area contributed by atoms with E-state index in [2.05, 4.69) is 0 Å². The fraction of sp³-hybridized carbons (Fsp3) is 1.00. The van der Waals surface area contributed by atoms with E-state index < -0.39 is 5.60 Å². The van der Waals surface area contributed by atoms with Crippen molar-refractivity contribution in [3.05, 3.63) is 0 Å². The number of epoxide rings is 1. The molecular weight excluding hydrogens is 164 g/mol. The molecule has 1 saturated heterocycles. The second-order valence-electron chi connectivity index (χ2n) is 4.98. The molecule has 0 spiro atoms. The minimum absolute atomic E-state index is 0.0760. The quantitative estimate of drug-likeness (QED) is 0.629. The number of aliphatic hydroxyl groups is 1. The molecule has 2 atom stereocenters. The van der Waals surface area contributed by atoms with Gasteiger partial charge in [0.05, 0.1) is 11.7 Å². The molecule has 3 fully saturated rings. The lowest BCUT2D eigenvalue weighted by Gasteiger charge is -2.36. The van der Waals surface area contributed by atoms with E-state index in [9.17, 15) is 5.11 Å². The van der Waals surface area contributed by atoms with Gasteiger partial charge in [0.1, 0.15) is 5.60 Å². The van der Waals surface area contributed by atoms with Gasteiger partial charge in [0, 0.05) is 0 Å². The monoisotopic (exact) mass is 182 g/mol. The van der Waals surface area contributed by atoms with Crippen LogP contribution in [0.15, 0.2) is 0 Å². The van der Waals surface area contributed by atoms with Crippen molar-refractivity contribution < 1.29 is 9.84 Å². The molecule has 0 aromatic heterocycles. The fourth-order valence-electron chi connectivity index (χ4n) is 3.48. The standard InChI is InChI=1S/C11H18O2/c12-10(6-2-1-3-7-10)11-8-4-5-9(11)13-11/h9,12H,1-8H2. The van der Waals surface area contributed by atoms with Gasteiger partial charge in [0.15, 0.2) is 0 Å². The van der Waals surface area contributed by atoms with Crippen molar-refractivity contribution in [1.82, 2.24) is 0 Å². The molecule has 3 aliphatic rings. The van der Waals surface area contributed by atoms with Crippen LogP contribution in [0.25, 0.3) is 0 Å². The van der Waals surface area contributed by atoms with E-state index in [0.717, 1.165) is 19.3 Å². The van der Waals surface area contributed by atoms with Gasteiger partial charge in [0.25, 0.3) is 0 Å². The van der Waals surface area contributed by atoms with Gasteiger partial charge in [-0.05, 0) is 32.1 Å². The number of hydrogen-bond acceptors (Lipinski definition) is 2. The molecule has 0 amide bonds. The summed E-state index contributed by atoms with van der Waals surface area (Å²) in [7, 11) is 0. The molecule has 2 heteroatoms. The number of ether oxygens (including phenoxy) is 1. The first-order chi connectivity index (χ1) is 6.27. The number of hydrogen-bond donors (Lipinski definition) is 1. The van der Waals surface area contributed by atoms with E-state index in [4.69, 9.17) is 4.74 Å². The van der Waals surface area contributed by atoms with Crippen molar-refractivity contribution in [2.24, 2.45) is 0 Å². The molecule has 13 heavy (non-hydrogen) atoms. The Morgan fingerprint density at radius 1 is 1.00 bits per heavy atom. The minimum atomic E-state index is -0.452. The zero-order valence-electron chi connectivity index (χ0n) is 8.09. The summed E-state index contributed by atoms with van der Waals surface area (Å²) in [6.07, 6.45) is 9.58. The lowest BCUT2D eigenvalue weighted by molar-refractivity contribution is -0.0675. The summed E-state index contributed by atoms with van der Waals surface area (Å²) in [4.78, 5) is 0. The highest BCUT2D eigenvalue weighted by molar-refractivity contribution is 5.19. The first-order valence-corrected chi connectivity index (χ1v) is 5.67. The first-order valence-electron chi connectivity index (χ1n) is 5.67. The Balaban J connectivity index is 1.82. The van der Waals surface area contributed by atoms with E-state index in [1.54, 1.807) is 0 Å². The molecule has 2 unspecified atom stereocenters. The molecule has 2 saturated carbocycles. The Kier molecular flexibility index (Phi) is 1.58. The third-order valence-corrected chi connectivity index (χ3v) is 4.30.